The monoisotopic (exact) mass is 344 g/mol. The van der Waals surface area contributed by atoms with E-state index in [9.17, 15) is 4.79 Å². The molecule has 0 bridgehead atoms. The molecule has 0 radical (unpaired) electrons. The van der Waals surface area contributed by atoms with E-state index >= 15 is 0 Å². The molecule has 0 amide bonds. The van der Waals surface area contributed by atoms with E-state index in [2.05, 4.69) is 20.1 Å². The largest absolute Gasteiger partial charge is 0.476 e. The molecule has 1 fully saturated rings. The van der Waals surface area contributed by atoms with Crippen molar-refractivity contribution in [1.29, 1.82) is 0 Å². The number of nitrogens with one attached hydrogen (secondary N) is 1. The summed E-state index contributed by atoms with van der Waals surface area (Å²) in [6, 6.07) is 6.39. The third kappa shape index (κ3) is 3.16. The van der Waals surface area contributed by atoms with Crippen molar-refractivity contribution in [3.8, 4) is 28.9 Å². The molecule has 0 unspecified atom stereocenters. The van der Waals surface area contributed by atoms with Crippen LogP contribution >= 0.6 is 11.6 Å². The van der Waals surface area contributed by atoms with E-state index in [0.717, 1.165) is 0 Å². The Bertz CT molecular complexity index is 933. The van der Waals surface area contributed by atoms with Gasteiger partial charge in [0.1, 0.15) is 5.02 Å². The standard InChI is InChI=1S/C16H13ClN4O3/c17-11-6-10(7-18-16(11)23-8-9-4-5-9)15-20-14(21-24-15)12-2-1-3-13(22)19-12/h1-3,6-7,9H,4-5,8H2,(H,19,22). The van der Waals surface area contributed by atoms with E-state index in [1.165, 1.54) is 18.9 Å². The van der Waals surface area contributed by atoms with Gasteiger partial charge in [0.15, 0.2) is 0 Å². The number of aromatic amines is 1. The van der Waals surface area contributed by atoms with Crippen LogP contribution in [0.4, 0.5) is 0 Å². The molecule has 0 spiro atoms. The van der Waals surface area contributed by atoms with Gasteiger partial charge >= 0.3 is 0 Å². The number of aromatic nitrogens is 4. The van der Waals surface area contributed by atoms with Gasteiger partial charge in [-0.1, -0.05) is 22.8 Å². The van der Waals surface area contributed by atoms with Gasteiger partial charge in [-0.3, -0.25) is 4.79 Å². The molecule has 3 heterocycles. The second-order valence-electron chi connectivity index (χ2n) is 5.62. The zero-order valence-electron chi connectivity index (χ0n) is 12.5. The van der Waals surface area contributed by atoms with Gasteiger partial charge in [-0.25, -0.2) is 4.98 Å². The first kappa shape index (κ1) is 14.9. The number of halogens is 1. The van der Waals surface area contributed by atoms with Crippen molar-refractivity contribution in [2.45, 2.75) is 12.8 Å². The molecule has 1 N–H and O–H groups in total. The van der Waals surface area contributed by atoms with Crippen LogP contribution in [0.5, 0.6) is 5.88 Å². The Balaban J connectivity index is 1.57. The van der Waals surface area contributed by atoms with Gasteiger partial charge in [-0.05, 0) is 30.9 Å². The highest BCUT2D eigenvalue weighted by Crippen LogP contribution is 2.32. The summed E-state index contributed by atoms with van der Waals surface area (Å²) in [5, 5.41) is 4.26. The smallest absolute Gasteiger partial charge is 0.259 e. The molecule has 0 aromatic carbocycles. The van der Waals surface area contributed by atoms with Crippen LogP contribution in [-0.4, -0.2) is 26.7 Å². The molecule has 4 rings (SSSR count). The van der Waals surface area contributed by atoms with Crippen molar-refractivity contribution in [3.05, 3.63) is 45.8 Å². The fourth-order valence-corrected chi connectivity index (χ4v) is 2.38. The number of pyridine rings is 2. The van der Waals surface area contributed by atoms with Gasteiger partial charge in [-0.15, -0.1) is 0 Å². The maximum absolute atomic E-state index is 11.4. The Kier molecular flexibility index (Phi) is 3.78. The predicted octanol–water partition coefficient (Wildman–Crippen LogP) is 2.93. The normalized spacial score (nSPS) is 13.9. The summed E-state index contributed by atoms with van der Waals surface area (Å²) >= 11 is 6.20. The van der Waals surface area contributed by atoms with Crippen molar-refractivity contribution < 1.29 is 9.26 Å². The van der Waals surface area contributed by atoms with E-state index in [1.807, 2.05) is 0 Å². The summed E-state index contributed by atoms with van der Waals surface area (Å²) < 4.78 is 10.8. The van der Waals surface area contributed by atoms with Gasteiger partial charge in [0, 0.05) is 12.3 Å². The second-order valence-corrected chi connectivity index (χ2v) is 6.02. The van der Waals surface area contributed by atoms with Crippen LogP contribution in [0.25, 0.3) is 23.0 Å². The van der Waals surface area contributed by atoms with E-state index in [4.69, 9.17) is 20.9 Å². The van der Waals surface area contributed by atoms with Gasteiger partial charge < -0.3 is 14.2 Å². The molecule has 7 nitrogen and oxygen atoms in total. The fraction of sp³-hybridized carbons (Fsp3) is 0.250. The van der Waals surface area contributed by atoms with Gasteiger partial charge in [0.05, 0.1) is 17.9 Å². The average Bonchev–Trinajstić information content (AvgIpc) is 3.27. The Hall–Kier alpha value is -2.67. The lowest BCUT2D eigenvalue weighted by Crippen LogP contribution is -2.04. The Morgan fingerprint density at radius 2 is 2.25 bits per heavy atom. The molecular weight excluding hydrogens is 332 g/mol. The van der Waals surface area contributed by atoms with Crippen LogP contribution in [0.1, 0.15) is 12.8 Å². The number of rotatable bonds is 5. The molecule has 0 atom stereocenters. The lowest BCUT2D eigenvalue weighted by Gasteiger charge is -2.06. The van der Waals surface area contributed by atoms with E-state index in [-0.39, 0.29) is 17.3 Å². The minimum Gasteiger partial charge on any atom is -0.476 e. The molecule has 0 aliphatic heterocycles. The zero-order valence-corrected chi connectivity index (χ0v) is 13.3. The molecule has 0 saturated heterocycles. The van der Waals surface area contributed by atoms with E-state index in [0.29, 0.717) is 34.7 Å². The topological polar surface area (TPSA) is 93.9 Å². The number of hydrogen-bond acceptors (Lipinski definition) is 6. The van der Waals surface area contributed by atoms with Crippen LogP contribution in [0.3, 0.4) is 0 Å². The molecule has 3 aromatic heterocycles. The Morgan fingerprint density at radius 1 is 1.38 bits per heavy atom. The Labute approximate surface area is 141 Å². The molecular formula is C16H13ClN4O3. The second kappa shape index (κ2) is 6.09. The van der Waals surface area contributed by atoms with Crippen LogP contribution in [0.2, 0.25) is 5.02 Å². The van der Waals surface area contributed by atoms with Gasteiger partial charge in [0.2, 0.25) is 17.3 Å². The summed E-state index contributed by atoms with van der Waals surface area (Å²) in [4.78, 5) is 22.5. The molecule has 122 valence electrons. The number of nitrogens with zero attached hydrogens (tertiary/aromatic N) is 3. The number of ether oxygens (including phenoxy) is 1. The zero-order chi connectivity index (χ0) is 16.5. The van der Waals surface area contributed by atoms with Crippen LogP contribution in [-0.2, 0) is 0 Å². The van der Waals surface area contributed by atoms with Crippen LogP contribution < -0.4 is 10.3 Å². The van der Waals surface area contributed by atoms with Gasteiger partial charge in [0.25, 0.3) is 5.89 Å². The first-order valence-corrected chi connectivity index (χ1v) is 7.89. The molecule has 24 heavy (non-hydrogen) atoms. The quantitative estimate of drug-likeness (QED) is 0.764. The molecule has 8 heteroatoms. The van der Waals surface area contributed by atoms with Crippen molar-refractivity contribution >= 4 is 11.6 Å². The van der Waals surface area contributed by atoms with Crippen molar-refractivity contribution in [3.63, 3.8) is 0 Å². The minimum atomic E-state index is -0.235. The molecule has 1 saturated carbocycles. The van der Waals surface area contributed by atoms with Crippen LogP contribution in [0, 0.1) is 5.92 Å². The summed E-state index contributed by atoms with van der Waals surface area (Å²) in [7, 11) is 0. The SMILES string of the molecule is O=c1cccc(-c2noc(-c3cnc(OCC4CC4)c(Cl)c3)n2)[nH]1. The maximum atomic E-state index is 11.4. The van der Waals surface area contributed by atoms with Crippen molar-refractivity contribution in [2.75, 3.05) is 6.61 Å². The summed E-state index contributed by atoms with van der Waals surface area (Å²) in [6.07, 6.45) is 3.96. The molecule has 1 aliphatic rings. The summed E-state index contributed by atoms with van der Waals surface area (Å²) in [5.41, 5.74) is 0.817. The van der Waals surface area contributed by atoms with Crippen molar-refractivity contribution in [2.24, 2.45) is 5.92 Å². The summed E-state index contributed by atoms with van der Waals surface area (Å²) in [5.74, 6) is 1.57. The predicted molar refractivity (Wildman–Crippen MR) is 86.8 cm³/mol. The maximum Gasteiger partial charge on any atom is 0.259 e. The van der Waals surface area contributed by atoms with Crippen LogP contribution in [0.15, 0.2) is 39.8 Å². The Morgan fingerprint density at radius 3 is 3.00 bits per heavy atom. The number of hydrogen-bond donors (Lipinski definition) is 1. The number of H-pyrrole nitrogens is 1. The van der Waals surface area contributed by atoms with Gasteiger partial charge in [-0.2, -0.15) is 4.98 Å². The van der Waals surface area contributed by atoms with Crippen molar-refractivity contribution in [1.82, 2.24) is 20.1 Å². The lowest BCUT2D eigenvalue weighted by molar-refractivity contribution is 0.288. The van der Waals surface area contributed by atoms with E-state index < -0.39 is 0 Å². The third-order valence-electron chi connectivity index (χ3n) is 3.64. The fourth-order valence-electron chi connectivity index (χ4n) is 2.16. The highest BCUT2D eigenvalue weighted by molar-refractivity contribution is 6.32. The minimum absolute atomic E-state index is 0.235. The molecule has 3 aromatic rings. The first-order chi connectivity index (χ1) is 11.7. The first-order valence-electron chi connectivity index (χ1n) is 7.51. The highest BCUT2D eigenvalue weighted by atomic mass is 35.5. The van der Waals surface area contributed by atoms with E-state index in [1.54, 1.807) is 24.4 Å². The lowest BCUT2D eigenvalue weighted by atomic mass is 10.3. The molecule has 1 aliphatic carbocycles. The highest BCUT2D eigenvalue weighted by Gasteiger charge is 2.23. The average molecular weight is 345 g/mol. The third-order valence-corrected chi connectivity index (χ3v) is 3.91. The summed E-state index contributed by atoms with van der Waals surface area (Å²) in [6.45, 7) is 0.637.